The van der Waals surface area contributed by atoms with Gasteiger partial charge < -0.3 is 15.0 Å². The van der Waals surface area contributed by atoms with Crippen molar-refractivity contribution < 1.29 is 22.7 Å². The van der Waals surface area contributed by atoms with E-state index < -0.39 is 28.5 Å². The number of hydrogen-bond donors (Lipinski definition) is 1. The molecule has 2 amide bonds. The standard InChI is InChI=1S/C30H36ClN3O5S/c1-6-28(30(36)32-21(2)3)33(19-23-9-7-8-22(4)18-23)29(35)20-34(25-12-10-24(31)11-13-25)40(37,38)27-16-14-26(39-5)15-17-27/h7-18,21,28H,6,19-20H2,1-5H3,(H,32,36)/t28-/m0/s1. The van der Waals surface area contributed by atoms with Crippen LogP contribution < -0.4 is 14.4 Å². The second-order valence-electron chi connectivity index (χ2n) is 9.76. The summed E-state index contributed by atoms with van der Waals surface area (Å²) in [5, 5.41) is 3.32. The molecule has 8 nitrogen and oxygen atoms in total. The van der Waals surface area contributed by atoms with Gasteiger partial charge in [0.1, 0.15) is 18.3 Å². The Hall–Kier alpha value is -3.56. The maximum atomic E-state index is 14.0. The van der Waals surface area contributed by atoms with E-state index in [1.165, 1.54) is 24.1 Å². The van der Waals surface area contributed by atoms with Gasteiger partial charge in [-0.25, -0.2) is 8.42 Å². The number of carbonyl (C=O) groups is 2. The predicted octanol–water partition coefficient (Wildman–Crippen LogP) is 5.18. The third-order valence-corrected chi connectivity index (χ3v) is 8.33. The van der Waals surface area contributed by atoms with E-state index in [1.807, 2.05) is 52.0 Å². The van der Waals surface area contributed by atoms with Crippen LogP contribution >= 0.6 is 11.6 Å². The molecule has 10 heteroatoms. The first-order valence-corrected chi connectivity index (χ1v) is 14.9. The molecule has 0 saturated heterocycles. The molecule has 0 fully saturated rings. The van der Waals surface area contributed by atoms with E-state index in [4.69, 9.17) is 16.3 Å². The molecule has 0 aliphatic carbocycles. The van der Waals surface area contributed by atoms with Crippen molar-refractivity contribution in [1.29, 1.82) is 0 Å². The smallest absolute Gasteiger partial charge is 0.264 e. The van der Waals surface area contributed by atoms with Gasteiger partial charge in [-0.15, -0.1) is 0 Å². The molecular weight excluding hydrogens is 550 g/mol. The highest BCUT2D eigenvalue weighted by Crippen LogP contribution is 2.27. The Kier molecular flexibility index (Phi) is 10.6. The molecule has 3 aromatic rings. The van der Waals surface area contributed by atoms with Crippen molar-refractivity contribution >= 4 is 39.1 Å². The van der Waals surface area contributed by atoms with Crippen molar-refractivity contribution in [2.75, 3.05) is 18.0 Å². The Morgan fingerprint density at radius 3 is 2.20 bits per heavy atom. The first-order valence-electron chi connectivity index (χ1n) is 13.0. The number of carbonyl (C=O) groups excluding carboxylic acids is 2. The lowest BCUT2D eigenvalue weighted by Crippen LogP contribution is -2.53. The Balaban J connectivity index is 2.06. The maximum Gasteiger partial charge on any atom is 0.264 e. The summed E-state index contributed by atoms with van der Waals surface area (Å²) in [6, 6.07) is 18.9. The normalized spacial score (nSPS) is 12.1. The van der Waals surface area contributed by atoms with Crippen LogP contribution in [0.5, 0.6) is 5.75 Å². The number of nitrogens with one attached hydrogen (secondary N) is 1. The van der Waals surface area contributed by atoms with E-state index in [0.717, 1.165) is 15.4 Å². The number of amides is 2. The Bertz CT molecular complexity index is 1410. The number of benzene rings is 3. The number of hydrogen-bond acceptors (Lipinski definition) is 5. The summed E-state index contributed by atoms with van der Waals surface area (Å²) in [7, 11) is -2.69. The Labute approximate surface area is 241 Å². The van der Waals surface area contributed by atoms with E-state index in [2.05, 4.69) is 5.32 Å². The van der Waals surface area contributed by atoms with Gasteiger partial charge in [-0.3, -0.25) is 13.9 Å². The van der Waals surface area contributed by atoms with E-state index in [-0.39, 0.29) is 29.1 Å². The molecule has 3 aromatic carbocycles. The van der Waals surface area contributed by atoms with Crippen molar-refractivity contribution in [3.05, 3.63) is 88.9 Å². The van der Waals surface area contributed by atoms with Gasteiger partial charge in [-0.05, 0) is 81.3 Å². The quantitative estimate of drug-likeness (QED) is 0.316. The summed E-state index contributed by atoms with van der Waals surface area (Å²) < 4.78 is 34.0. The molecule has 0 bridgehead atoms. The van der Waals surface area contributed by atoms with Gasteiger partial charge in [-0.2, -0.15) is 0 Å². The van der Waals surface area contributed by atoms with Crippen LogP contribution in [0.3, 0.4) is 0 Å². The molecule has 40 heavy (non-hydrogen) atoms. The molecule has 3 rings (SSSR count). The number of rotatable bonds is 12. The first kappa shape index (κ1) is 31.0. The van der Waals surface area contributed by atoms with Crippen molar-refractivity contribution in [3.8, 4) is 5.75 Å². The average Bonchev–Trinajstić information content (AvgIpc) is 2.91. The summed E-state index contributed by atoms with van der Waals surface area (Å²) in [6.07, 6.45) is 0.349. The van der Waals surface area contributed by atoms with Crippen molar-refractivity contribution in [1.82, 2.24) is 10.2 Å². The van der Waals surface area contributed by atoms with Crippen LogP contribution in [0.4, 0.5) is 5.69 Å². The number of ether oxygens (including phenoxy) is 1. The fraction of sp³-hybridized carbons (Fsp3) is 0.333. The minimum atomic E-state index is -4.19. The molecule has 0 aliphatic rings. The highest BCUT2D eigenvalue weighted by atomic mass is 35.5. The van der Waals surface area contributed by atoms with Crippen LogP contribution in [-0.4, -0.2) is 50.9 Å². The number of methoxy groups -OCH3 is 1. The number of aryl methyl sites for hydroxylation is 1. The Morgan fingerprint density at radius 2 is 1.65 bits per heavy atom. The van der Waals surface area contributed by atoms with Gasteiger partial charge in [0, 0.05) is 17.6 Å². The largest absolute Gasteiger partial charge is 0.497 e. The van der Waals surface area contributed by atoms with Crippen LogP contribution in [0.2, 0.25) is 5.02 Å². The number of halogens is 1. The lowest BCUT2D eigenvalue weighted by atomic mass is 10.1. The lowest BCUT2D eigenvalue weighted by Gasteiger charge is -2.33. The molecule has 0 aromatic heterocycles. The van der Waals surface area contributed by atoms with E-state index in [9.17, 15) is 18.0 Å². The van der Waals surface area contributed by atoms with Crippen LogP contribution in [0, 0.1) is 6.92 Å². The second kappa shape index (κ2) is 13.7. The second-order valence-corrected chi connectivity index (χ2v) is 12.1. The molecule has 1 N–H and O–H groups in total. The molecule has 0 heterocycles. The molecular formula is C30H36ClN3O5S. The van der Waals surface area contributed by atoms with Gasteiger partial charge in [0.2, 0.25) is 11.8 Å². The fourth-order valence-corrected chi connectivity index (χ4v) is 5.86. The van der Waals surface area contributed by atoms with Crippen LogP contribution in [0.15, 0.2) is 77.7 Å². The van der Waals surface area contributed by atoms with Crippen LogP contribution in [0.25, 0.3) is 0 Å². The fourth-order valence-electron chi connectivity index (χ4n) is 4.32. The van der Waals surface area contributed by atoms with Crippen molar-refractivity contribution in [2.24, 2.45) is 0 Å². The zero-order chi connectivity index (χ0) is 29.4. The summed E-state index contributed by atoms with van der Waals surface area (Å²) >= 11 is 6.08. The molecule has 0 aliphatic heterocycles. The topological polar surface area (TPSA) is 96.0 Å². The minimum Gasteiger partial charge on any atom is -0.497 e. The Morgan fingerprint density at radius 1 is 1.00 bits per heavy atom. The molecule has 214 valence electrons. The predicted molar refractivity (Wildman–Crippen MR) is 158 cm³/mol. The number of anilines is 1. The van der Waals surface area contributed by atoms with Gasteiger partial charge in [0.25, 0.3) is 10.0 Å². The van der Waals surface area contributed by atoms with Gasteiger partial charge in [0.15, 0.2) is 0 Å². The highest BCUT2D eigenvalue weighted by molar-refractivity contribution is 7.92. The van der Waals surface area contributed by atoms with Gasteiger partial charge in [-0.1, -0.05) is 48.4 Å². The van der Waals surface area contributed by atoms with E-state index in [0.29, 0.717) is 17.2 Å². The zero-order valence-electron chi connectivity index (χ0n) is 23.4. The van der Waals surface area contributed by atoms with Crippen molar-refractivity contribution in [3.63, 3.8) is 0 Å². The molecule has 1 atom stereocenters. The molecule has 0 radical (unpaired) electrons. The molecule has 0 unspecified atom stereocenters. The summed E-state index contributed by atoms with van der Waals surface area (Å²) in [4.78, 5) is 28.7. The SMILES string of the molecule is CC[C@@H](C(=O)NC(C)C)N(Cc1cccc(C)c1)C(=O)CN(c1ccc(Cl)cc1)S(=O)(=O)c1ccc(OC)cc1. The average molecular weight is 586 g/mol. The zero-order valence-corrected chi connectivity index (χ0v) is 25.0. The van der Waals surface area contributed by atoms with Gasteiger partial charge in [0.05, 0.1) is 17.7 Å². The third-order valence-electron chi connectivity index (χ3n) is 6.29. The lowest BCUT2D eigenvalue weighted by molar-refractivity contribution is -0.140. The number of sulfonamides is 1. The monoisotopic (exact) mass is 585 g/mol. The summed E-state index contributed by atoms with van der Waals surface area (Å²) in [5.74, 6) is -0.312. The summed E-state index contributed by atoms with van der Waals surface area (Å²) in [6.45, 7) is 7.09. The van der Waals surface area contributed by atoms with Crippen molar-refractivity contribution in [2.45, 2.75) is 57.6 Å². The van der Waals surface area contributed by atoms with E-state index in [1.54, 1.807) is 36.4 Å². The van der Waals surface area contributed by atoms with E-state index >= 15 is 0 Å². The maximum absolute atomic E-state index is 14.0. The third kappa shape index (κ3) is 7.76. The summed E-state index contributed by atoms with van der Waals surface area (Å²) in [5.41, 5.74) is 2.11. The minimum absolute atomic E-state index is 0.00845. The molecule has 0 saturated carbocycles. The van der Waals surface area contributed by atoms with Crippen LogP contribution in [-0.2, 0) is 26.2 Å². The van der Waals surface area contributed by atoms with Crippen LogP contribution in [0.1, 0.15) is 38.3 Å². The number of nitrogens with zero attached hydrogens (tertiary/aromatic N) is 2. The van der Waals surface area contributed by atoms with Gasteiger partial charge >= 0.3 is 0 Å². The first-order chi connectivity index (χ1) is 19.0. The highest BCUT2D eigenvalue weighted by Gasteiger charge is 2.34. The molecule has 0 spiro atoms.